The fourth-order valence-electron chi connectivity index (χ4n) is 1.23. The monoisotopic (exact) mass is 239 g/mol. The fraction of sp³-hybridized carbons (Fsp3) is 0.333. The van der Waals surface area contributed by atoms with Crippen LogP contribution < -0.4 is 5.32 Å². The van der Waals surface area contributed by atoms with Gasteiger partial charge in [0.25, 0.3) is 0 Å². The van der Waals surface area contributed by atoms with Crippen molar-refractivity contribution in [2.45, 2.75) is 19.8 Å². The van der Waals surface area contributed by atoms with Crippen LogP contribution in [-0.4, -0.2) is 18.2 Å². The van der Waals surface area contributed by atoms with Gasteiger partial charge in [-0.15, -0.1) is 0 Å². The van der Waals surface area contributed by atoms with Gasteiger partial charge in [-0.2, -0.15) is 0 Å². The average Bonchev–Trinajstić information content (AvgIpc) is 2.21. The second kappa shape index (κ2) is 6.28. The first-order valence-electron chi connectivity index (χ1n) is 5.08. The number of nitrogens with one attached hydrogen (secondary N) is 1. The van der Waals surface area contributed by atoms with Gasteiger partial charge in [-0.05, 0) is 24.6 Å². The Bertz CT molecular complexity index is 373. The van der Waals surface area contributed by atoms with E-state index in [0.717, 1.165) is 5.56 Å². The first-order chi connectivity index (χ1) is 7.58. The summed E-state index contributed by atoms with van der Waals surface area (Å²) in [5.74, 6) is -0.00429. The van der Waals surface area contributed by atoms with E-state index in [0.29, 0.717) is 24.4 Å². The molecule has 1 N–H and O–H groups in total. The van der Waals surface area contributed by atoms with Crippen molar-refractivity contribution < 1.29 is 9.59 Å². The highest BCUT2D eigenvalue weighted by Gasteiger charge is 2.03. The molecule has 0 fully saturated rings. The zero-order valence-electron chi connectivity index (χ0n) is 9.13. The van der Waals surface area contributed by atoms with E-state index in [-0.39, 0.29) is 11.7 Å². The first-order valence-corrected chi connectivity index (χ1v) is 5.46. The van der Waals surface area contributed by atoms with Gasteiger partial charge in [0.15, 0.2) is 0 Å². The lowest BCUT2D eigenvalue weighted by Crippen LogP contribution is -2.27. The third kappa shape index (κ3) is 4.94. The summed E-state index contributed by atoms with van der Waals surface area (Å²) in [4.78, 5) is 22.1. The second-order valence-corrected chi connectivity index (χ2v) is 4.04. The van der Waals surface area contributed by atoms with Crippen molar-refractivity contribution in [1.82, 2.24) is 5.32 Å². The number of amides is 1. The molecule has 0 aliphatic carbocycles. The Morgan fingerprint density at radius 1 is 1.25 bits per heavy atom. The van der Waals surface area contributed by atoms with Crippen LogP contribution in [-0.2, 0) is 16.0 Å². The van der Waals surface area contributed by atoms with Crippen molar-refractivity contribution in [1.29, 1.82) is 0 Å². The summed E-state index contributed by atoms with van der Waals surface area (Å²) < 4.78 is 0. The molecule has 3 nitrogen and oxygen atoms in total. The van der Waals surface area contributed by atoms with E-state index >= 15 is 0 Å². The molecule has 0 radical (unpaired) electrons. The maximum Gasteiger partial charge on any atom is 0.224 e. The van der Waals surface area contributed by atoms with E-state index < -0.39 is 0 Å². The topological polar surface area (TPSA) is 46.2 Å². The molecule has 1 amide bonds. The van der Waals surface area contributed by atoms with E-state index in [1.54, 1.807) is 12.1 Å². The number of ketones is 1. The lowest BCUT2D eigenvalue weighted by molar-refractivity contribution is -0.120. The van der Waals surface area contributed by atoms with Crippen molar-refractivity contribution in [3.8, 4) is 0 Å². The number of carbonyl (C=O) groups excluding carboxylic acids is 2. The van der Waals surface area contributed by atoms with Crippen LogP contribution in [0.5, 0.6) is 0 Å². The molecular formula is C12H14ClNO2. The van der Waals surface area contributed by atoms with Crippen LogP contribution in [0.1, 0.15) is 18.9 Å². The molecule has 0 heterocycles. The highest BCUT2D eigenvalue weighted by molar-refractivity contribution is 6.30. The lowest BCUT2D eigenvalue weighted by Gasteiger charge is -2.03. The Morgan fingerprint density at radius 2 is 1.88 bits per heavy atom. The number of halogens is 1. The predicted molar refractivity (Wildman–Crippen MR) is 63.5 cm³/mol. The molecule has 16 heavy (non-hydrogen) atoms. The van der Waals surface area contributed by atoms with Gasteiger partial charge in [0.05, 0.1) is 6.42 Å². The van der Waals surface area contributed by atoms with Gasteiger partial charge in [0.1, 0.15) is 5.78 Å². The van der Waals surface area contributed by atoms with Crippen LogP contribution in [0.25, 0.3) is 0 Å². The van der Waals surface area contributed by atoms with E-state index in [2.05, 4.69) is 5.32 Å². The third-order valence-electron chi connectivity index (χ3n) is 2.08. The normalized spacial score (nSPS) is 9.88. The average molecular weight is 240 g/mol. The van der Waals surface area contributed by atoms with E-state index in [9.17, 15) is 9.59 Å². The Hall–Kier alpha value is -1.35. The van der Waals surface area contributed by atoms with Gasteiger partial charge in [-0.25, -0.2) is 0 Å². The summed E-state index contributed by atoms with van der Waals surface area (Å²) in [6, 6.07) is 7.12. The molecular weight excluding hydrogens is 226 g/mol. The number of carbonyl (C=O) groups is 2. The number of rotatable bonds is 5. The van der Waals surface area contributed by atoms with Gasteiger partial charge in [0.2, 0.25) is 5.91 Å². The summed E-state index contributed by atoms with van der Waals surface area (Å²) in [5.41, 5.74) is 0.907. The smallest absolute Gasteiger partial charge is 0.224 e. The molecule has 1 aromatic carbocycles. The Morgan fingerprint density at radius 3 is 2.44 bits per heavy atom. The quantitative estimate of drug-likeness (QED) is 0.854. The van der Waals surface area contributed by atoms with Crippen molar-refractivity contribution in [3.05, 3.63) is 34.9 Å². The van der Waals surface area contributed by atoms with Crippen LogP contribution in [0, 0.1) is 0 Å². The molecule has 0 aromatic heterocycles. The Kier molecular flexibility index (Phi) is 4.99. The van der Waals surface area contributed by atoms with Gasteiger partial charge in [-0.3, -0.25) is 9.59 Å². The van der Waals surface area contributed by atoms with Crippen LogP contribution in [0.2, 0.25) is 5.02 Å². The lowest BCUT2D eigenvalue weighted by atomic mass is 10.1. The van der Waals surface area contributed by atoms with E-state index in [4.69, 9.17) is 11.6 Å². The van der Waals surface area contributed by atoms with Crippen LogP contribution >= 0.6 is 11.6 Å². The minimum Gasteiger partial charge on any atom is -0.355 e. The molecule has 4 heteroatoms. The fourth-order valence-corrected chi connectivity index (χ4v) is 1.35. The first kappa shape index (κ1) is 12.7. The largest absolute Gasteiger partial charge is 0.355 e. The van der Waals surface area contributed by atoms with E-state index in [1.165, 1.54) is 6.92 Å². The maximum absolute atomic E-state index is 11.4. The molecule has 1 aromatic rings. The number of hydrogen-bond donors (Lipinski definition) is 1. The van der Waals surface area contributed by atoms with Crippen molar-refractivity contribution in [2.24, 2.45) is 0 Å². The molecule has 0 spiro atoms. The molecule has 0 aliphatic heterocycles. The molecule has 86 valence electrons. The minimum absolute atomic E-state index is 0.0757. The van der Waals surface area contributed by atoms with Crippen LogP contribution in [0.4, 0.5) is 0 Å². The maximum atomic E-state index is 11.4. The van der Waals surface area contributed by atoms with Gasteiger partial charge in [-0.1, -0.05) is 23.7 Å². The van der Waals surface area contributed by atoms with Gasteiger partial charge < -0.3 is 5.32 Å². The minimum atomic E-state index is -0.0800. The highest BCUT2D eigenvalue weighted by atomic mass is 35.5. The molecule has 1 rings (SSSR count). The van der Waals surface area contributed by atoms with Crippen molar-refractivity contribution in [3.63, 3.8) is 0 Å². The Labute approximate surface area is 99.8 Å². The molecule has 0 saturated heterocycles. The van der Waals surface area contributed by atoms with Crippen molar-refractivity contribution in [2.75, 3.05) is 6.54 Å². The summed E-state index contributed by atoms with van der Waals surface area (Å²) in [5, 5.41) is 3.34. The predicted octanol–water partition coefficient (Wildman–Crippen LogP) is 1.98. The number of benzene rings is 1. The standard InChI is InChI=1S/C12H14ClNO2/c1-9(15)6-7-14-12(16)8-10-2-4-11(13)5-3-10/h2-5H,6-8H2,1H3,(H,14,16). The van der Waals surface area contributed by atoms with Gasteiger partial charge in [0, 0.05) is 18.0 Å². The zero-order valence-corrected chi connectivity index (χ0v) is 9.88. The number of hydrogen-bond acceptors (Lipinski definition) is 2. The second-order valence-electron chi connectivity index (χ2n) is 3.61. The zero-order chi connectivity index (χ0) is 12.0. The third-order valence-corrected chi connectivity index (χ3v) is 2.33. The van der Waals surface area contributed by atoms with Crippen LogP contribution in [0.15, 0.2) is 24.3 Å². The molecule has 0 unspecified atom stereocenters. The summed E-state index contributed by atoms with van der Waals surface area (Å²) in [7, 11) is 0. The molecule has 0 atom stereocenters. The molecule has 0 aliphatic rings. The SMILES string of the molecule is CC(=O)CCNC(=O)Cc1ccc(Cl)cc1. The molecule has 0 saturated carbocycles. The molecule has 0 bridgehead atoms. The van der Waals surface area contributed by atoms with Crippen molar-refractivity contribution >= 4 is 23.3 Å². The Balaban J connectivity index is 2.34. The number of Topliss-reactive ketones (excluding diaryl/α,β-unsaturated/α-hetero) is 1. The van der Waals surface area contributed by atoms with Crippen LogP contribution in [0.3, 0.4) is 0 Å². The summed E-state index contributed by atoms with van der Waals surface area (Å²) in [6.07, 6.45) is 0.696. The van der Waals surface area contributed by atoms with Gasteiger partial charge >= 0.3 is 0 Å². The summed E-state index contributed by atoms with van der Waals surface area (Å²) >= 11 is 5.73. The van der Waals surface area contributed by atoms with E-state index in [1.807, 2.05) is 12.1 Å². The summed E-state index contributed by atoms with van der Waals surface area (Å²) in [6.45, 7) is 1.91. The highest BCUT2D eigenvalue weighted by Crippen LogP contribution is 2.09.